The van der Waals surface area contributed by atoms with Crippen molar-refractivity contribution in [1.29, 1.82) is 0 Å². The number of carbonyl (C=O) groups is 3. The maximum Gasteiger partial charge on any atom is 0.408 e. The number of esters is 1. The number of likely N-dealkylation sites (N-methyl/N-ethyl adjacent to an activating group) is 2. The van der Waals surface area contributed by atoms with E-state index in [0.717, 1.165) is 12.8 Å². The molecule has 3 N–H and O–H groups in total. The number of hydrogen-bond acceptors (Lipinski definition) is 12. The van der Waals surface area contributed by atoms with E-state index in [-0.39, 0.29) is 29.9 Å². The van der Waals surface area contributed by atoms with Gasteiger partial charge in [-0.05, 0) is 86.9 Å². The van der Waals surface area contributed by atoms with Crippen molar-refractivity contribution >= 4 is 17.8 Å². The van der Waals surface area contributed by atoms with Crippen molar-refractivity contribution < 1.29 is 43.2 Å². The molecule has 13 heteroatoms. The first-order chi connectivity index (χ1) is 22.4. The Kier molecular flexibility index (Phi) is 12.6. The SMILES string of the molecule is CC[C@H]1OC(=O)C(C)C(=O)[C@H](C)[C@@H](O[C@@H]2O[C@H](CNC3CC3)CC(N(C)C)[C@H]2O)[C@](C)(OC)C[C@@H](C)CN(C)[C@H](C)[C@H]2NC(=O)O[C@@]21C. The summed E-state index contributed by atoms with van der Waals surface area (Å²) in [7, 11) is 7.45. The highest BCUT2D eigenvalue weighted by molar-refractivity contribution is 6.00. The van der Waals surface area contributed by atoms with Crippen molar-refractivity contribution in [1.82, 2.24) is 20.4 Å². The molecule has 0 aromatic carbocycles. The number of methoxy groups -OCH3 is 1. The van der Waals surface area contributed by atoms with E-state index < -0.39 is 65.7 Å². The van der Waals surface area contributed by atoms with Crippen molar-refractivity contribution in [2.24, 2.45) is 17.8 Å². The van der Waals surface area contributed by atoms with E-state index in [9.17, 15) is 19.5 Å². The van der Waals surface area contributed by atoms with Crippen LogP contribution in [0.25, 0.3) is 0 Å². The van der Waals surface area contributed by atoms with Gasteiger partial charge >= 0.3 is 12.1 Å². The minimum atomic E-state index is -1.15. The van der Waals surface area contributed by atoms with E-state index in [4.69, 9.17) is 23.7 Å². The van der Waals surface area contributed by atoms with Crippen molar-refractivity contribution in [3.8, 4) is 0 Å². The predicted molar refractivity (Wildman–Crippen MR) is 179 cm³/mol. The fourth-order valence-electron chi connectivity index (χ4n) is 8.12. The number of ketones is 1. The van der Waals surface area contributed by atoms with Gasteiger partial charge in [-0.1, -0.05) is 20.8 Å². The third kappa shape index (κ3) is 8.35. The number of hydrogen-bond donors (Lipinski definition) is 3. The van der Waals surface area contributed by atoms with E-state index in [1.807, 2.05) is 46.8 Å². The number of aliphatic hydroxyl groups excluding tert-OH is 1. The Morgan fingerprint density at radius 3 is 2.38 bits per heavy atom. The molecule has 3 heterocycles. The number of rotatable bonds is 8. The average molecular weight is 683 g/mol. The first kappa shape index (κ1) is 38.9. The molecule has 0 spiro atoms. The summed E-state index contributed by atoms with van der Waals surface area (Å²) in [5.41, 5.74) is -2.16. The fourth-order valence-corrected chi connectivity index (χ4v) is 8.12. The fraction of sp³-hybridized carbons (Fsp3) is 0.914. The number of ether oxygens (including phenoxy) is 5. The predicted octanol–water partition coefficient (Wildman–Crippen LogP) is 2.33. The number of cyclic esters (lactones) is 1. The minimum Gasteiger partial charge on any atom is -0.458 e. The van der Waals surface area contributed by atoms with Crippen molar-refractivity contribution in [3.05, 3.63) is 0 Å². The zero-order valence-electron chi connectivity index (χ0n) is 31.0. The molecule has 0 radical (unpaired) electrons. The summed E-state index contributed by atoms with van der Waals surface area (Å²) in [6.07, 6.45) is -0.645. The van der Waals surface area contributed by atoms with Gasteiger partial charge in [0.05, 0.1) is 23.9 Å². The molecule has 13 nitrogen and oxygen atoms in total. The van der Waals surface area contributed by atoms with Crippen LogP contribution in [0, 0.1) is 17.8 Å². The monoisotopic (exact) mass is 682 g/mol. The van der Waals surface area contributed by atoms with E-state index in [2.05, 4.69) is 22.5 Å². The van der Waals surface area contributed by atoms with Crippen LogP contribution in [0.4, 0.5) is 4.79 Å². The molecule has 0 bridgehead atoms. The molecule has 4 rings (SSSR count). The van der Waals surface area contributed by atoms with Crippen LogP contribution in [-0.2, 0) is 33.3 Å². The lowest BCUT2D eigenvalue weighted by molar-refractivity contribution is -0.297. The van der Waals surface area contributed by atoms with E-state index in [1.54, 1.807) is 27.9 Å². The van der Waals surface area contributed by atoms with Gasteiger partial charge in [-0.25, -0.2) is 4.79 Å². The molecule has 1 amide bonds. The summed E-state index contributed by atoms with van der Waals surface area (Å²) in [5.74, 6) is -3.00. The van der Waals surface area contributed by atoms with E-state index in [1.165, 1.54) is 0 Å². The Hall–Kier alpha value is -1.87. The third-order valence-electron chi connectivity index (χ3n) is 11.4. The topological polar surface area (TPSA) is 148 Å². The zero-order valence-corrected chi connectivity index (χ0v) is 31.0. The number of fused-ring (bicyclic) bond motifs is 1. The van der Waals surface area contributed by atoms with Gasteiger partial charge in [-0.2, -0.15) is 0 Å². The number of nitrogens with zero attached hydrogens (tertiary/aromatic N) is 2. The maximum absolute atomic E-state index is 14.2. The lowest BCUT2D eigenvalue weighted by Gasteiger charge is -2.47. The van der Waals surface area contributed by atoms with Crippen LogP contribution in [-0.4, -0.2) is 140 Å². The van der Waals surface area contributed by atoms with Gasteiger partial charge in [0.1, 0.15) is 18.1 Å². The van der Waals surface area contributed by atoms with Crippen LogP contribution in [0.1, 0.15) is 80.6 Å². The summed E-state index contributed by atoms with van der Waals surface area (Å²) in [6.45, 7) is 14.2. The lowest BCUT2D eigenvalue weighted by Crippen LogP contribution is -2.60. The number of carbonyl (C=O) groups excluding carboxylic acids is 3. The molecule has 4 aliphatic rings. The largest absolute Gasteiger partial charge is 0.458 e. The Morgan fingerprint density at radius 2 is 1.79 bits per heavy atom. The second kappa shape index (κ2) is 15.6. The van der Waals surface area contributed by atoms with Crippen LogP contribution in [0.3, 0.4) is 0 Å². The standard InChI is InChI=1S/C35H62N4O9/c1-12-26-35(7)29(37-33(43)48-35)22(5)39(10)18-19(2)16-34(6,44-11)30(20(3)27(40)21(4)31(42)46-26)47-32-28(41)25(38(8)9)15-24(45-32)17-36-23-13-14-23/h19-26,28-30,32,36,41H,12-18H2,1-11H3,(H,37,43)/t19-,20+,21?,22-,24+,25?,26-,28-,29-,30-,32+,34-,35-/m1/s1. The van der Waals surface area contributed by atoms with Gasteiger partial charge in [0.2, 0.25) is 0 Å². The van der Waals surface area contributed by atoms with Crippen molar-refractivity contribution in [2.45, 2.75) is 147 Å². The minimum absolute atomic E-state index is 0.0460. The molecule has 3 saturated heterocycles. The summed E-state index contributed by atoms with van der Waals surface area (Å²) in [4.78, 5) is 44.7. The molecular formula is C35H62N4O9. The van der Waals surface area contributed by atoms with Crippen LogP contribution in [0.2, 0.25) is 0 Å². The summed E-state index contributed by atoms with van der Waals surface area (Å²) in [6, 6.07) is -0.390. The normalized spacial score (nSPS) is 43.9. The number of amides is 1. The van der Waals surface area contributed by atoms with Gasteiger partial charge in [0.25, 0.3) is 0 Å². The summed E-state index contributed by atoms with van der Waals surface area (Å²) < 4.78 is 31.3. The Morgan fingerprint density at radius 1 is 1.12 bits per heavy atom. The highest BCUT2D eigenvalue weighted by Gasteiger charge is 2.56. The van der Waals surface area contributed by atoms with Gasteiger partial charge in [0, 0.05) is 44.2 Å². The molecule has 3 aliphatic heterocycles. The van der Waals surface area contributed by atoms with E-state index in [0.29, 0.717) is 38.4 Å². The molecule has 276 valence electrons. The van der Waals surface area contributed by atoms with Crippen LogP contribution < -0.4 is 10.6 Å². The number of nitrogens with one attached hydrogen (secondary N) is 2. The quantitative estimate of drug-likeness (QED) is 0.255. The third-order valence-corrected chi connectivity index (χ3v) is 11.4. The molecular weight excluding hydrogens is 620 g/mol. The van der Waals surface area contributed by atoms with Crippen molar-refractivity contribution in [3.63, 3.8) is 0 Å². The van der Waals surface area contributed by atoms with Crippen LogP contribution in [0.5, 0.6) is 0 Å². The molecule has 4 fully saturated rings. The zero-order chi connectivity index (χ0) is 35.7. The van der Waals surface area contributed by atoms with Gasteiger partial charge in [0.15, 0.2) is 17.7 Å². The molecule has 0 aromatic rings. The Bertz CT molecular complexity index is 1140. The Balaban J connectivity index is 1.69. The highest BCUT2D eigenvalue weighted by atomic mass is 16.7. The first-order valence-electron chi connectivity index (χ1n) is 17.8. The lowest BCUT2D eigenvalue weighted by atomic mass is 9.78. The molecule has 13 atom stereocenters. The molecule has 0 aromatic heterocycles. The molecule has 2 unspecified atom stereocenters. The summed E-state index contributed by atoms with van der Waals surface area (Å²) in [5, 5.41) is 18.1. The second-order valence-corrected chi connectivity index (χ2v) is 15.6. The van der Waals surface area contributed by atoms with Crippen LogP contribution in [0.15, 0.2) is 0 Å². The first-order valence-corrected chi connectivity index (χ1v) is 17.8. The highest BCUT2D eigenvalue weighted by Crippen LogP contribution is 2.38. The van der Waals surface area contributed by atoms with Gasteiger partial charge in [-0.3, -0.25) is 9.59 Å². The summed E-state index contributed by atoms with van der Waals surface area (Å²) >= 11 is 0. The molecule has 1 aliphatic carbocycles. The number of Topliss-reactive ketones (excluding diaryl/α,β-unsaturated/α-hetero) is 1. The van der Waals surface area contributed by atoms with Crippen molar-refractivity contribution in [2.75, 3.05) is 41.3 Å². The second-order valence-electron chi connectivity index (χ2n) is 15.6. The molecule has 48 heavy (non-hydrogen) atoms. The van der Waals surface area contributed by atoms with E-state index >= 15 is 0 Å². The number of alkyl carbamates (subject to hydrolysis) is 1. The van der Waals surface area contributed by atoms with Gasteiger partial charge in [-0.15, -0.1) is 0 Å². The number of aliphatic hydroxyl groups is 1. The molecule has 1 saturated carbocycles. The van der Waals surface area contributed by atoms with Gasteiger partial charge < -0.3 is 49.2 Å². The maximum atomic E-state index is 14.2. The van der Waals surface area contributed by atoms with Crippen LogP contribution >= 0.6 is 0 Å². The average Bonchev–Trinajstić information content (AvgIpc) is 3.81. The smallest absolute Gasteiger partial charge is 0.408 e. The Labute approximate surface area is 287 Å².